The third-order valence-corrected chi connectivity index (χ3v) is 1.55. The molecule has 1 aromatic heterocycles. The van der Waals surface area contributed by atoms with Gasteiger partial charge in [-0.15, -0.1) is 0 Å². The van der Waals surface area contributed by atoms with Gasteiger partial charge in [-0.05, 0) is 0 Å². The molecular formula is C7H5F3N2O2. The highest BCUT2D eigenvalue weighted by molar-refractivity contribution is 5.94. The Hall–Kier alpha value is -1.79. The van der Waals surface area contributed by atoms with E-state index in [9.17, 15) is 22.8 Å². The molecule has 0 aliphatic rings. The van der Waals surface area contributed by atoms with E-state index in [0.29, 0.717) is 6.20 Å². The first-order valence-corrected chi connectivity index (χ1v) is 3.44. The van der Waals surface area contributed by atoms with E-state index < -0.39 is 34.8 Å². The topological polar surface area (TPSA) is 76.0 Å². The van der Waals surface area contributed by atoms with Crippen molar-refractivity contribution in [1.29, 1.82) is 0 Å². The predicted molar refractivity (Wildman–Crippen MR) is 40.5 cm³/mol. The van der Waals surface area contributed by atoms with Gasteiger partial charge in [-0.2, -0.15) is 0 Å². The summed E-state index contributed by atoms with van der Waals surface area (Å²) in [5.41, 5.74) is 1.23. The number of nitrogens with one attached hydrogen (secondary N) is 1. The summed E-state index contributed by atoms with van der Waals surface area (Å²) in [7, 11) is 0. The number of pyridine rings is 1. The lowest BCUT2D eigenvalue weighted by atomic mass is 10.1. The van der Waals surface area contributed by atoms with Crippen molar-refractivity contribution in [3.63, 3.8) is 0 Å². The monoisotopic (exact) mass is 206 g/mol. The lowest BCUT2D eigenvalue weighted by molar-refractivity contribution is 0.0980. The maximum Gasteiger partial charge on any atom is 0.267 e. The Morgan fingerprint density at radius 1 is 1.50 bits per heavy atom. The number of aromatic nitrogens is 1. The average Bonchev–Trinajstić information content (AvgIpc) is 2.07. The first-order valence-electron chi connectivity index (χ1n) is 3.44. The highest BCUT2D eigenvalue weighted by Crippen LogP contribution is 2.22. The zero-order chi connectivity index (χ0) is 10.9. The minimum Gasteiger partial charge on any atom is -0.365 e. The number of halogens is 3. The summed E-state index contributed by atoms with van der Waals surface area (Å²) in [4.78, 5) is 23.3. The highest BCUT2D eigenvalue weighted by atomic mass is 19.3. The summed E-state index contributed by atoms with van der Waals surface area (Å²) in [5, 5.41) is 0. The standard InChI is InChI=1S/C7H5F3N2O2/c8-2-1-12-7(14)4(6(11)13)3(2)5(9)10/h1,5H,(H2,11,13)(H,12,14). The second-order valence-electron chi connectivity index (χ2n) is 2.42. The number of H-pyrrole nitrogens is 1. The van der Waals surface area contributed by atoms with Gasteiger partial charge >= 0.3 is 0 Å². The zero-order valence-corrected chi connectivity index (χ0v) is 6.68. The van der Waals surface area contributed by atoms with E-state index in [0.717, 1.165) is 0 Å². The predicted octanol–water partition coefficient (Wildman–Crippen LogP) is 0.550. The normalized spacial score (nSPS) is 10.6. The fourth-order valence-corrected chi connectivity index (χ4v) is 0.979. The van der Waals surface area contributed by atoms with Crippen LogP contribution in [0.3, 0.4) is 0 Å². The summed E-state index contributed by atoms with van der Waals surface area (Å²) in [6.07, 6.45) is -2.81. The molecule has 1 rings (SSSR count). The van der Waals surface area contributed by atoms with Crippen LogP contribution in [0, 0.1) is 5.82 Å². The van der Waals surface area contributed by atoms with Gasteiger partial charge < -0.3 is 10.7 Å². The molecule has 0 atom stereocenters. The molecule has 0 saturated heterocycles. The molecule has 1 aromatic rings. The van der Waals surface area contributed by atoms with E-state index >= 15 is 0 Å². The Morgan fingerprint density at radius 3 is 2.43 bits per heavy atom. The van der Waals surface area contributed by atoms with Gasteiger partial charge in [0.25, 0.3) is 17.9 Å². The van der Waals surface area contributed by atoms with E-state index in [1.807, 2.05) is 0 Å². The van der Waals surface area contributed by atoms with Crippen molar-refractivity contribution in [3.8, 4) is 0 Å². The molecule has 76 valence electrons. The molecule has 0 aromatic carbocycles. The number of hydrogen-bond acceptors (Lipinski definition) is 2. The molecule has 0 aliphatic heterocycles. The van der Waals surface area contributed by atoms with E-state index in [4.69, 9.17) is 0 Å². The Morgan fingerprint density at radius 2 is 2.07 bits per heavy atom. The van der Waals surface area contributed by atoms with E-state index in [2.05, 4.69) is 5.73 Å². The Balaban J connectivity index is 3.58. The lowest BCUT2D eigenvalue weighted by Crippen LogP contribution is -2.26. The van der Waals surface area contributed by atoms with Crippen LogP contribution in [0.25, 0.3) is 0 Å². The van der Waals surface area contributed by atoms with Crippen molar-refractivity contribution < 1.29 is 18.0 Å². The molecule has 4 nitrogen and oxygen atoms in total. The van der Waals surface area contributed by atoms with Crippen LogP contribution in [0.5, 0.6) is 0 Å². The molecular weight excluding hydrogens is 201 g/mol. The van der Waals surface area contributed by atoms with Crippen LogP contribution in [0.15, 0.2) is 11.0 Å². The molecule has 0 unspecified atom stereocenters. The molecule has 7 heteroatoms. The van der Waals surface area contributed by atoms with Crippen LogP contribution in [0.2, 0.25) is 0 Å². The van der Waals surface area contributed by atoms with E-state index in [1.54, 1.807) is 4.98 Å². The van der Waals surface area contributed by atoms with Gasteiger partial charge in [-0.25, -0.2) is 13.2 Å². The summed E-state index contributed by atoms with van der Waals surface area (Å²) in [5.74, 6) is -2.76. The molecule has 0 radical (unpaired) electrons. The molecule has 0 spiro atoms. The number of amides is 1. The summed E-state index contributed by atoms with van der Waals surface area (Å²) in [6, 6.07) is 0. The average molecular weight is 206 g/mol. The van der Waals surface area contributed by atoms with Crippen molar-refractivity contribution in [1.82, 2.24) is 4.98 Å². The molecule has 1 heterocycles. The van der Waals surface area contributed by atoms with Gasteiger partial charge in [0.05, 0.1) is 5.56 Å². The van der Waals surface area contributed by atoms with Gasteiger partial charge in [0.1, 0.15) is 11.4 Å². The van der Waals surface area contributed by atoms with Crippen LogP contribution >= 0.6 is 0 Å². The largest absolute Gasteiger partial charge is 0.365 e. The van der Waals surface area contributed by atoms with Crippen molar-refractivity contribution >= 4 is 5.91 Å². The molecule has 3 N–H and O–H groups in total. The second-order valence-corrected chi connectivity index (χ2v) is 2.42. The number of primary amides is 1. The van der Waals surface area contributed by atoms with Gasteiger partial charge in [0.15, 0.2) is 0 Å². The van der Waals surface area contributed by atoms with Crippen LogP contribution < -0.4 is 11.3 Å². The minimum absolute atomic E-state index is 0.455. The lowest BCUT2D eigenvalue weighted by Gasteiger charge is -2.04. The Bertz CT molecular complexity index is 427. The van der Waals surface area contributed by atoms with Crippen LogP contribution in [-0.2, 0) is 0 Å². The summed E-state index contributed by atoms with van der Waals surface area (Å²) in [6.45, 7) is 0. The van der Waals surface area contributed by atoms with Crippen molar-refractivity contribution in [3.05, 3.63) is 33.5 Å². The van der Waals surface area contributed by atoms with Crippen molar-refractivity contribution in [2.24, 2.45) is 5.73 Å². The summed E-state index contributed by atoms with van der Waals surface area (Å²) < 4.78 is 37.2. The number of nitrogens with two attached hydrogens (primary N) is 1. The van der Waals surface area contributed by atoms with Crippen LogP contribution in [-0.4, -0.2) is 10.9 Å². The van der Waals surface area contributed by atoms with Crippen LogP contribution in [0.4, 0.5) is 13.2 Å². The van der Waals surface area contributed by atoms with Crippen molar-refractivity contribution in [2.45, 2.75) is 6.43 Å². The Labute approximate surface area is 75.5 Å². The molecule has 0 aliphatic carbocycles. The first kappa shape index (κ1) is 10.3. The number of carbonyl (C=O) groups excluding carboxylic acids is 1. The van der Waals surface area contributed by atoms with Gasteiger partial charge in [0.2, 0.25) is 0 Å². The Kier molecular flexibility index (Phi) is 2.59. The zero-order valence-electron chi connectivity index (χ0n) is 6.68. The number of alkyl halides is 2. The van der Waals surface area contributed by atoms with E-state index in [1.165, 1.54) is 0 Å². The second kappa shape index (κ2) is 3.52. The SMILES string of the molecule is NC(=O)c1c(C(F)F)c(F)c[nH]c1=O. The van der Waals surface area contributed by atoms with Crippen molar-refractivity contribution in [2.75, 3.05) is 0 Å². The van der Waals surface area contributed by atoms with Crippen LogP contribution in [0.1, 0.15) is 22.3 Å². The number of hydrogen-bond donors (Lipinski definition) is 2. The third-order valence-electron chi connectivity index (χ3n) is 1.55. The number of carbonyl (C=O) groups is 1. The third kappa shape index (κ3) is 1.61. The summed E-state index contributed by atoms with van der Waals surface area (Å²) >= 11 is 0. The van der Waals surface area contributed by atoms with Gasteiger partial charge in [-0.3, -0.25) is 9.59 Å². The number of aromatic amines is 1. The van der Waals surface area contributed by atoms with Gasteiger partial charge in [0, 0.05) is 6.20 Å². The molecule has 1 amide bonds. The van der Waals surface area contributed by atoms with E-state index in [-0.39, 0.29) is 0 Å². The maximum atomic E-state index is 12.8. The molecule has 0 saturated carbocycles. The minimum atomic E-state index is -3.26. The smallest absolute Gasteiger partial charge is 0.267 e. The number of rotatable bonds is 2. The molecule has 0 fully saturated rings. The fourth-order valence-electron chi connectivity index (χ4n) is 0.979. The molecule has 0 bridgehead atoms. The fraction of sp³-hybridized carbons (Fsp3) is 0.143. The highest BCUT2D eigenvalue weighted by Gasteiger charge is 2.24. The first-order chi connectivity index (χ1) is 6.45. The maximum absolute atomic E-state index is 12.8. The quantitative estimate of drug-likeness (QED) is 0.741. The molecule has 14 heavy (non-hydrogen) atoms. The van der Waals surface area contributed by atoms with Gasteiger partial charge in [-0.1, -0.05) is 0 Å².